The number of ether oxygens (including phenoxy) is 3. The van der Waals surface area contributed by atoms with Gasteiger partial charge in [-0.3, -0.25) is 0 Å². The van der Waals surface area contributed by atoms with Gasteiger partial charge in [-0.1, -0.05) is 18.2 Å². The molecule has 3 aromatic rings. The van der Waals surface area contributed by atoms with E-state index in [2.05, 4.69) is 15.3 Å². The fourth-order valence-corrected chi connectivity index (χ4v) is 4.62. The molecule has 3 heterocycles. The van der Waals surface area contributed by atoms with Crippen LogP contribution in [0.15, 0.2) is 60.8 Å². The highest BCUT2D eigenvalue weighted by Crippen LogP contribution is 2.47. The van der Waals surface area contributed by atoms with E-state index in [4.69, 9.17) is 14.2 Å². The number of methoxy groups -OCH3 is 1. The van der Waals surface area contributed by atoms with Gasteiger partial charge >= 0.3 is 6.03 Å². The Hall–Kier alpha value is -3.81. The molecule has 1 aromatic heterocycles. The maximum absolute atomic E-state index is 13.4. The average Bonchev–Trinajstić information content (AvgIpc) is 3.23. The van der Waals surface area contributed by atoms with Crippen LogP contribution in [0.3, 0.4) is 0 Å². The van der Waals surface area contributed by atoms with Crippen LogP contribution in [-0.4, -0.2) is 47.8 Å². The summed E-state index contributed by atoms with van der Waals surface area (Å²) in [6, 6.07) is 16.8. The summed E-state index contributed by atoms with van der Waals surface area (Å²) in [7, 11) is 1.62. The molecule has 2 aromatic carbocycles. The second kappa shape index (κ2) is 8.97. The van der Waals surface area contributed by atoms with E-state index in [1.807, 2.05) is 60.4 Å². The van der Waals surface area contributed by atoms with Crippen LogP contribution in [0.2, 0.25) is 0 Å². The van der Waals surface area contributed by atoms with E-state index in [9.17, 15) is 4.79 Å². The van der Waals surface area contributed by atoms with Gasteiger partial charge in [0.25, 0.3) is 0 Å². The summed E-state index contributed by atoms with van der Waals surface area (Å²) in [4.78, 5) is 23.7. The molecule has 0 bridgehead atoms. The third-order valence-electron chi connectivity index (χ3n) is 6.24. The van der Waals surface area contributed by atoms with Crippen LogP contribution >= 0.6 is 0 Å². The number of aromatic nitrogens is 2. The van der Waals surface area contributed by atoms with E-state index in [-0.39, 0.29) is 23.9 Å². The number of carbonyl (C=O) groups is 1. The van der Waals surface area contributed by atoms with Crippen molar-refractivity contribution in [3.63, 3.8) is 0 Å². The van der Waals surface area contributed by atoms with Crippen LogP contribution in [0, 0.1) is 18.8 Å². The molecule has 1 saturated heterocycles. The molecule has 3 atom stereocenters. The van der Waals surface area contributed by atoms with Crippen molar-refractivity contribution in [1.82, 2.24) is 14.9 Å². The Kier molecular flexibility index (Phi) is 5.73. The van der Waals surface area contributed by atoms with Gasteiger partial charge in [0.2, 0.25) is 5.88 Å². The Morgan fingerprint density at radius 1 is 1.18 bits per heavy atom. The van der Waals surface area contributed by atoms with Crippen molar-refractivity contribution >= 4 is 11.7 Å². The number of carbonyl (C=O) groups excluding carboxylic acids is 1. The minimum absolute atomic E-state index is 0.0890. The summed E-state index contributed by atoms with van der Waals surface area (Å²) in [6.45, 7) is 3.36. The first-order valence-corrected chi connectivity index (χ1v) is 11.0. The largest absolute Gasteiger partial charge is 0.497 e. The lowest BCUT2D eigenvalue weighted by molar-refractivity contribution is 0.128. The highest BCUT2D eigenvalue weighted by atomic mass is 16.5. The molecular weight excluding hydrogens is 420 g/mol. The first kappa shape index (κ1) is 21.1. The fraction of sp³-hybridized carbons (Fsp3) is 0.320. The lowest BCUT2D eigenvalue weighted by atomic mass is 9.86. The summed E-state index contributed by atoms with van der Waals surface area (Å²) < 4.78 is 17.3. The molecule has 1 N–H and O–H groups in total. The van der Waals surface area contributed by atoms with Crippen molar-refractivity contribution in [2.24, 2.45) is 11.8 Å². The van der Waals surface area contributed by atoms with Gasteiger partial charge in [0.05, 0.1) is 26.4 Å². The summed E-state index contributed by atoms with van der Waals surface area (Å²) in [5, 5.41) is 3.03. The van der Waals surface area contributed by atoms with Gasteiger partial charge in [0, 0.05) is 41.9 Å². The van der Waals surface area contributed by atoms with Gasteiger partial charge in [-0.2, -0.15) is 4.98 Å². The van der Waals surface area contributed by atoms with Crippen molar-refractivity contribution in [3.8, 4) is 17.4 Å². The fourth-order valence-electron chi connectivity index (χ4n) is 4.62. The summed E-state index contributed by atoms with van der Waals surface area (Å²) in [6.07, 6.45) is 1.68. The Balaban J connectivity index is 1.38. The number of likely N-dealkylation sites (tertiary alicyclic amines) is 1. The number of aryl methyl sites for hydroxylation is 1. The second-order valence-electron chi connectivity index (χ2n) is 8.28. The SMILES string of the molecule is COc1ccc(NC(=O)N2C[C@@H](COc3ccnc(C)n3)[C@@H]3COc4ccccc4[C@@H]32)cc1. The van der Waals surface area contributed by atoms with Crippen molar-refractivity contribution in [2.45, 2.75) is 13.0 Å². The first-order valence-electron chi connectivity index (χ1n) is 11.0. The Labute approximate surface area is 192 Å². The van der Waals surface area contributed by atoms with Crippen LogP contribution < -0.4 is 19.5 Å². The van der Waals surface area contributed by atoms with E-state index in [0.29, 0.717) is 37.2 Å². The zero-order valence-electron chi connectivity index (χ0n) is 18.6. The van der Waals surface area contributed by atoms with Crippen molar-refractivity contribution in [1.29, 1.82) is 0 Å². The standard InChI is InChI=1S/C25H26N4O4/c1-16-26-12-11-23(27-16)33-14-17-13-29(25(30)28-18-7-9-19(31-2)10-8-18)24-20-5-3-4-6-22(20)32-15-21(17)24/h3-12,17,21,24H,13-15H2,1-2H3,(H,28,30)/t17-,21-,24-/m0/s1. The summed E-state index contributed by atoms with van der Waals surface area (Å²) >= 11 is 0. The van der Waals surface area contributed by atoms with Gasteiger partial charge < -0.3 is 24.4 Å². The van der Waals surface area contributed by atoms with Crippen LogP contribution in [0.1, 0.15) is 17.4 Å². The van der Waals surface area contributed by atoms with E-state index in [1.54, 1.807) is 19.4 Å². The summed E-state index contributed by atoms with van der Waals surface area (Å²) in [5.74, 6) is 2.98. The lowest BCUT2D eigenvalue weighted by Gasteiger charge is -2.34. The molecule has 5 rings (SSSR count). The molecule has 0 aliphatic carbocycles. The van der Waals surface area contributed by atoms with Gasteiger partial charge in [-0.05, 0) is 37.3 Å². The maximum atomic E-state index is 13.4. The average molecular weight is 447 g/mol. The minimum Gasteiger partial charge on any atom is -0.497 e. The second-order valence-corrected chi connectivity index (χ2v) is 8.28. The molecule has 0 spiro atoms. The Bertz CT molecular complexity index is 1140. The van der Waals surface area contributed by atoms with Crippen molar-refractivity contribution in [2.75, 3.05) is 32.2 Å². The third kappa shape index (κ3) is 4.28. The summed E-state index contributed by atoms with van der Waals surface area (Å²) in [5.41, 5.74) is 1.74. The van der Waals surface area contributed by atoms with E-state index in [1.165, 1.54) is 0 Å². The predicted molar refractivity (Wildman–Crippen MR) is 123 cm³/mol. The number of amides is 2. The van der Waals surface area contributed by atoms with Crippen LogP contribution in [0.5, 0.6) is 17.4 Å². The molecule has 0 unspecified atom stereocenters. The van der Waals surface area contributed by atoms with Gasteiger partial charge in [0.1, 0.15) is 17.3 Å². The van der Waals surface area contributed by atoms with Gasteiger partial charge in [0.15, 0.2) is 0 Å². The normalized spacial score (nSPS) is 20.9. The molecule has 8 nitrogen and oxygen atoms in total. The number of rotatable bonds is 5. The Morgan fingerprint density at radius 3 is 2.79 bits per heavy atom. The number of urea groups is 1. The monoisotopic (exact) mass is 446 g/mol. The quantitative estimate of drug-likeness (QED) is 0.636. The van der Waals surface area contributed by atoms with E-state index >= 15 is 0 Å². The number of fused-ring (bicyclic) bond motifs is 3. The number of benzene rings is 2. The zero-order valence-corrected chi connectivity index (χ0v) is 18.6. The smallest absolute Gasteiger partial charge is 0.322 e. The number of hydrogen-bond acceptors (Lipinski definition) is 6. The van der Waals surface area contributed by atoms with Gasteiger partial charge in [-0.25, -0.2) is 9.78 Å². The topological polar surface area (TPSA) is 85.8 Å². The highest BCUT2D eigenvalue weighted by molar-refractivity contribution is 5.90. The van der Waals surface area contributed by atoms with Crippen molar-refractivity contribution in [3.05, 3.63) is 72.2 Å². The molecule has 8 heteroatoms. The molecule has 2 amide bonds. The number of para-hydroxylation sites is 1. The molecule has 0 radical (unpaired) electrons. The Morgan fingerprint density at radius 2 is 2.00 bits per heavy atom. The number of anilines is 1. The van der Waals surface area contributed by atoms with Crippen LogP contribution in [0.4, 0.5) is 10.5 Å². The lowest BCUT2D eigenvalue weighted by Crippen LogP contribution is -2.38. The number of nitrogens with one attached hydrogen (secondary N) is 1. The van der Waals surface area contributed by atoms with Crippen LogP contribution in [-0.2, 0) is 0 Å². The van der Waals surface area contributed by atoms with Gasteiger partial charge in [-0.15, -0.1) is 0 Å². The third-order valence-corrected chi connectivity index (χ3v) is 6.24. The minimum atomic E-state index is -0.146. The van der Waals surface area contributed by atoms with Crippen molar-refractivity contribution < 1.29 is 19.0 Å². The molecule has 2 aliphatic rings. The molecule has 33 heavy (non-hydrogen) atoms. The first-order chi connectivity index (χ1) is 16.1. The van der Waals surface area contributed by atoms with E-state index < -0.39 is 0 Å². The zero-order chi connectivity index (χ0) is 22.8. The van der Waals surface area contributed by atoms with E-state index in [0.717, 1.165) is 17.1 Å². The molecular formula is C25H26N4O4. The number of hydrogen-bond donors (Lipinski definition) is 1. The highest BCUT2D eigenvalue weighted by Gasteiger charge is 2.48. The number of nitrogens with zero attached hydrogens (tertiary/aromatic N) is 3. The molecule has 0 saturated carbocycles. The predicted octanol–water partition coefficient (Wildman–Crippen LogP) is 4.09. The molecule has 2 aliphatic heterocycles. The van der Waals surface area contributed by atoms with Crippen LogP contribution in [0.25, 0.3) is 0 Å². The maximum Gasteiger partial charge on any atom is 0.322 e. The molecule has 170 valence electrons. The molecule has 1 fully saturated rings.